The minimum atomic E-state index is -0.425. The van der Waals surface area contributed by atoms with Crippen LogP contribution in [0.3, 0.4) is 0 Å². The van der Waals surface area contributed by atoms with E-state index in [9.17, 15) is 4.79 Å². The number of rotatable bonds is 3. The van der Waals surface area contributed by atoms with Gasteiger partial charge in [-0.2, -0.15) is 0 Å². The van der Waals surface area contributed by atoms with E-state index in [2.05, 4.69) is 10.2 Å². The fourth-order valence-corrected chi connectivity index (χ4v) is 2.60. The number of hydrogen-bond acceptors (Lipinski definition) is 4. The minimum Gasteiger partial charge on any atom is -0.444 e. The number of ether oxygens (including phenoxy) is 2. The summed E-state index contributed by atoms with van der Waals surface area (Å²) in [5, 5.41) is 2.80. The maximum atomic E-state index is 11.5. The maximum Gasteiger partial charge on any atom is 0.407 e. The minimum absolute atomic E-state index is 0.328. The SMILES string of the molecule is CC(C)(C)OC(=O)NCCN1CC2COCC2C1. The first-order valence-corrected chi connectivity index (χ1v) is 6.71. The highest BCUT2D eigenvalue weighted by atomic mass is 16.6. The Morgan fingerprint density at radius 1 is 1.33 bits per heavy atom. The summed E-state index contributed by atoms with van der Waals surface area (Å²) in [5.41, 5.74) is -0.425. The Kier molecular flexibility index (Phi) is 4.12. The summed E-state index contributed by atoms with van der Waals surface area (Å²) in [4.78, 5) is 13.9. The van der Waals surface area contributed by atoms with E-state index in [1.807, 2.05) is 20.8 Å². The van der Waals surface area contributed by atoms with Gasteiger partial charge in [-0.15, -0.1) is 0 Å². The molecule has 2 heterocycles. The Morgan fingerprint density at radius 3 is 2.50 bits per heavy atom. The van der Waals surface area contributed by atoms with Crippen LogP contribution in [0.15, 0.2) is 0 Å². The van der Waals surface area contributed by atoms with Gasteiger partial charge in [0.15, 0.2) is 0 Å². The van der Waals surface area contributed by atoms with E-state index in [0.717, 1.165) is 32.8 Å². The van der Waals surface area contributed by atoms with E-state index in [-0.39, 0.29) is 6.09 Å². The molecule has 2 atom stereocenters. The largest absolute Gasteiger partial charge is 0.444 e. The molecule has 0 aromatic carbocycles. The monoisotopic (exact) mass is 256 g/mol. The fraction of sp³-hybridized carbons (Fsp3) is 0.923. The molecule has 0 aromatic rings. The molecule has 2 aliphatic heterocycles. The first kappa shape index (κ1) is 13.6. The zero-order chi connectivity index (χ0) is 13.2. The highest BCUT2D eigenvalue weighted by molar-refractivity contribution is 5.67. The van der Waals surface area contributed by atoms with Crippen LogP contribution in [0.1, 0.15) is 20.8 Å². The Balaban J connectivity index is 1.60. The van der Waals surface area contributed by atoms with Crippen molar-refractivity contribution in [3.63, 3.8) is 0 Å². The lowest BCUT2D eigenvalue weighted by atomic mass is 10.0. The molecule has 2 saturated heterocycles. The third-order valence-corrected chi connectivity index (χ3v) is 3.41. The molecule has 5 heteroatoms. The number of carbonyl (C=O) groups excluding carboxylic acids is 1. The van der Waals surface area contributed by atoms with Gasteiger partial charge < -0.3 is 19.7 Å². The van der Waals surface area contributed by atoms with Gasteiger partial charge in [-0.05, 0) is 20.8 Å². The zero-order valence-corrected chi connectivity index (χ0v) is 11.6. The number of nitrogens with zero attached hydrogens (tertiary/aromatic N) is 1. The van der Waals surface area contributed by atoms with Crippen LogP contribution in [0.25, 0.3) is 0 Å². The Labute approximate surface area is 109 Å². The van der Waals surface area contributed by atoms with Crippen LogP contribution in [-0.4, -0.2) is 56.0 Å². The van der Waals surface area contributed by atoms with Crippen LogP contribution in [0.2, 0.25) is 0 Å². The van der Waals surface area contributed by atoms with Crippen molar-refractivity contribution >= 4 is 6.09 Å². The van der Waals surface area contributed by atoms with Gasteiger partial charge >= 0.3 is 6.09 Å². The molecule has 0 saturated carbocycles. The first-order chi connectivity index (χ1) is 8.44. The van der Waals surface area contributed by atoms with Gasteiger partial charge in [0.2, 0.25) is 0 Å². The zero-order valence-electron chi connectivity index (χ0n) is 11.6. The number of likely N-dealkylation sites (tertiary alicyclic amines) is 1. The molecule has 2 rings (SSSR count). The van der Waals surface area contributed by atoms with E-state index in [0.29, 0.717) is 18.4 Å². The predicted molar refractivity (Wildman–Crippen MR) is 68.5 cm³/mol. The van der Waals surface area contributed by atoms with E-state index < -0.39 is 5.60 Å². The molecule has 0 spiro atoms. The Hall–Kier alpha value is -0.810. The summed E-state index contributed by atoms with van der Waals surface area (Å²) in [7, 11) is 0. The van der Waals surface area contributed by atoms with Gasteiger partial charge in [0.25, 0.3) is 0 Å². The smallest absolute Gasteiger partial charge is 0.407 e. The molecule has 1 N–H and O–H groups in total. The average molecular weight is 256 g/mol. The molecule has 2 fully saturated rings. The molecular formula is C13H24N2O3. The molecule has 2 unspecified atom stereocenters. The second-order valence-corrected chi connectivity index (χ2v) is 6.25. The lowest BCUT2D eigenvalue weighted by Gasteiger charge is -2.21. The highest BCUT2D eigenvalue weighted by Gasteiger charge is 2.36. The van der Waals surface area contributed by atoms with E-state index in [1.165, 1.54) is 0 Å². The number of alkyl carbamates (subject to hydrolysis) is 1. The van der Waals surface area contributed by atoms with Crippen LogP contribution in [0.5, 0.6) is 0 Å². The van der Waals surface area contributed by atoms with Gasteiger partial charge in [0.1, 0.15) is 5.60 Å². The van der Waals surface area contributed by atoms with Crippen molar-refractivity contribution in [2.24, 2.45) is 11.8 Å². The van der Waals surface area contributed by atoms with Crippen LogP contribution in [0, 0.1) is 11.8 Å². The third kappa shape index (κ3) is 3.85. The Morgan fingerprint density at radius 2 is 1.94 bits per heavy atom. The summed E-state index contributed by atoms with van der Waals surface area (Å²) >= 11 is 0. The normalized spacial score (nSPS) is 28.2. The molecule has 0 aromatic heterocycles. The van der Waals surface area contributed by atoms with E-state index in [4.69, 9.17) is 9.47 Å². The number of hydrogen-bond donors (Lipinski definition) is 1. The maximum absolute atomic E-state index is 11.5. The summed E-state index contributed by atoms with van der Waals surface area (Å²) < 4.78 is 10.6. The predicted octanol–water partition coefficient (Wildman–Crippen LogP) is 1.09. The van der Waals surface area contributed by atoms with Crippen molar-refractivity contribution in [3.8, 4) is 0 Å². The highest BCUT2D eigenvalue weighted by Crippen LogP contribution is 2.28. The summed E-state index contributed by atoms with van der Waals surface area (Å²) in [6.07, 6.45) is -0.328. The van der Waals surface area contributed by atoms with Crippen molar-refractivity contribution < 1.29 is 14.3 Å². The number of carbonyl (C=O) groups is 1. The Bertz CT molecular complexity index is 289. The number of amides is 1. The molecule has 104 valence electrons. The molecule has 0 aliphatic carbocycles. The van der Waals surface area contributed by atoms with Crippen LogP contribution < -0.4 is 5.32 Å². The molecule has 0 bridgehead atoms. The van der Waals surface area contributed by atoms with Gasteiger partial charge in [-0.25, -0.2) is 4.79 Å². The van der Waals surface area contributed by atoms with Gasteiger partial charge in [0.05, 0.1) is 13.2 Å². The lowest BCUT2D eigenvalue weighted by Crippen LogP contribution is -2.37. The van der Waals surface area contributed by atoms with Gasteiger partial charge in [0, 0.05) is 38.0 Å². The molecule has 5 nitrogen and oxygen atoms in total. The van der Waals surface area contributed by atoms with Crippen molar-refractivity contribution in [3.05, 3.63) is 0 Å². The van der Waals surface area contributed by atoms with E-state index >= 15 is 0 Å². The van der Waals surface area contributed by atoms with Crippen molar-refractivity contribution in [1.29, 1.82) is 0 Å². The topological polar surface area (TPSA) is 50.8 Å². The lowest BCUT2D eigenvalue weighted by molar-refractivity contribution is 0.0522. The second kappa shape index (κ2) is 5.45. The van der Waals surface area contributed by atoms with Gasteiger partial charge in [-0.1, -0.05) is 0 Å². The van der Waals surface area contributed by atoms with Crippen LogP contribution in [-0.2, 0) is 9.47 Å². The number of nitrogens with one attached hydrogen (secondary N) is 1. The quantitative estimate of drug-likeness (QED) is 0.821. The van der Waals surface area contributed by atoms with Crippen LogP contribution >= 0.6 is 0 Å². The fourth-order valence-electron chi connectivity index (χ4n) is 2.60. The molecular weight excluding hydrogens is 232 g/mol. The summed E-state index contributed by atoms with van der Waals surface area (Å²) in [6, 6.07) is 0. The standard InChI is InChI=1S/C13H24N2O3/c1-13(2,3)18-12(16)14-4-5-15-6-10-8-17-9-11(10)7-15/h10-11H,4-9H2,1-3H3,(H,14,16). The summed E-state index contributed by atoms with van der Waals surface area (Å²) in [6.45, 7) is 11.2. The van der Waals surface area contributed by atoms with Crippen molar-refractivity contribution in [2.75, 3.05) is 39.4 Å². The average Bonchev–Trinajstić information content (AvgIpc) is 2.74. The van der Waals surface area contributed by atoms with Crippen LogP contribution in [0.4, 0.5) is 4.79 Å². The van der Waals surface area contributed by atoms with Crippen molar-refractivity contribution in [2.45, 2.75) is 26.4 Å². The van der Waals surface area contributed by atoms with E-state index in [1.54, 1.807) is 0 Å². The number of fused-ring (bicyclic) bond motifs is 1. The summed E-state index contributed by atoms with van der Waals surface area (Å²) in [5.74, 6) is 1.40. The molecule has 0 radical (unpaired) electrons. The molecule has 1 amide bonds. The first-order valence-electron chi connectivity index (χ1n) is 6.71. The van der Waals surface area contributed by atoms with Crippen molar-refractivity contribution in [1.82, 2.24) is 10.2 Å². The molecule has 2 aliphatic rings. The van der Waals surface area contributed by atoms with Gasteiger partial charge in [-0.3, -0.25) is 0 Å². The second-order valence-electron chi connectivity index (χ2n) is 6.25. The molecule has 18 heavy (non-hydrogen) atoms. The third-order valence-electron chi connectivity index (χ3n) is 3.41.